The topological polar surface area (TPSA) is 38.1 Å². The van der Waals surface area contributed by atoms with Gasteiger partial charge in [-0.2, -0.15) is 5.10 Å². The van der Waals surface area contributed by atoms with E-state index in [0.717, 1.165) is 37.3 Å². The largest absolute Gasteiger partial charge is 0.350 e. The van der Waals surface area contributed by atoms with Crippen LogP contribution in [0.15, 0.2) is 36.5 Å². The molecule has 0 bridgehead atoms. The zero-order valence-corrected chi connectivity index (χ0v) is 12.6. The fourth-order valence-corrected chi connectivity index (χ4v) is 3.00. The number of carbonyl (C=O) groups is 1. The molecule has 0 N–H and O–H groups in total. The Morgan fingerprint density at radius 1 is 1.29 bits per heavy atom. The third kappa shape index (κ3) is 2.71. The molecule has 0 spiro atoms. The van der Waals surface area contributed by atoms with E-state index in [4.69, 9.17) is 0 Å². The van der Waals surface area contributed by atoms with E-state index in [2.05, 4.69) is 29.1 Å². The number of hydrogen-bond acceptors (Lipinski definition) is 3. The highest BCUT2D eigenvalue weighted by atomic mass is 16.1. The van der Waals surface area contributed by atoms with E-state index >= 15 is 0 Å². The Balaban J connectivity index is 1.94. The predicted molar refractivity (Wildman–Crippen MR) is 83.4 cm³/mol. The van der Waals surface area contributed by atoms with E-state index in [0.29, 0.717) is 0 Å². The first-order chi connectivity index (χ1) is 10.2. The summed E-state index contributed by atoms with van der Waals surface area (Å²) in [5, 5.41) is 4.53. The fourth-order valence-electron chi connectivity index (χ4n) is 3.00. The van der Waals surface area contributed by atoms with Gasteiger partial charge in [0.25, 0.3) is 0 Å². The molecular formula is C17H21N3O. The summed E-state index contributed by atoms with van der Waals surface area (Å²) in [6.07, 6.45) is 3.66. The number of nitrogens with zero attached hydrogens (tertiary/aromatic N) is 3. The van der Waals surface area contributed by atoms with E-state index in [1.54, 1.807) is 4.68 Å². The van der Waals surface area contributed by atoms with Gasteiger partial charge >= 0.3 is 0 Å². The Bertz CT molecular complexity index is 633. The molecule has 2 aromatic rings. The summed E-state index contributed by atoms with van der Waals surface area (Å²) < 4.78 is 1.75. The average molecular weight is 283 g/mol. The monoisotopic (exact) mass is 283 g/mol. The van der Waals surface area contributed by atoms with E-state index in [1.165, 1.54) is 5.56 Å². The number of fused-ring (bicyclic) bond motifs is 1. The second-order valence-electron chi connectivity index (χ2n) is 5.71. The van der Waals surface area contributed by atoms with Crippen molar-refractivity contribution in [3.8, 4) is 0 Å². The van der Waals surface area contributed by atoms with Gasteiger partial charge in [-0.1, -0.05) is 37.3 Å². The van der Waals surface area contributed by atoms with Crippen molar-refractivity contribution >= 4 is 11.6 Å². The molecule has 2 heterocycles. The molecule has 0 fully saturated rings. The molecule has 1 aromatic heterocycles. The fraction of sp³-hybridized carbons (Fsp3) is 0.412. The molecule has 0 radical (unpaired) electrons. The summed E-state index contributed by atoms with van der Waals surface area (Å²) in [4.78, 5) is 14.8. The first-order valence-corrected chi connectivity index (χ1v) is 7.55. The smallest absolute Gasteiger partial charge is 0.171 e. The van der Waals surface area contributed by atoms with Gasteiger partial charge in [0.1, 0.15) is 0 Å². The van der Waals surface area contributed by atoms with Gasteiger partial charge in [-0.3, -0.25) is 9.48 Å². The number of Topliss-reactive ketones (excluding diaryl/α,β-unsaturated/α-hetero) is 1. The van der Waals surface area contributed by atoms with Gasteiger partial charge in [-0.05, 0) is 18.4 Å². The van der Waals surface area contributed by atoms with Gasteiger partial charge in [0.15, 0.2) is 11.6 Å². The Hall–Kier alpha value is -2.10. The molecule has 1 aromatic carbocycles. The van der Waals surface area contributed by atoms with Crippen LogP contribution in [0.5, 0.6) is 0 Å². The Morgan fingerprint density at radius 2 is 2.05 bits per heavy atom. The molecule has 1 aliphatic rings. The second kappa shape index (κ2) is 5.72. The van der Waals surface area contributed by atoms with Crippen LogP contribution in [0, 0.1) is 5.92 Å². The number of aryl methyl sites for hydroxylation is 1. The van der Waals surface area contributed by atoms with Crippen molar-refractivity contribution in [1.82, 2.24) is 9.78 Å². The maximum Gasteiger partial charge on any atom is 0.171 e. The maximum atomic E-state index is 12.6. The van der Waals surface area contributed by atoms with Crippen molar-refractivity contribution in [2.45, 2.75) is 26.3 Å². The first-order valence-electron chi connectivity index (χ1n) is 7.55. The lowest BCUT2D eigenvalue weighted by Crippen LogP contribution is -2.24. The van der Waals surface area contributed by atoms with Crippen LogP contribution >= 0.6 is 0 Å². The maximum absolute atomic E-state index is 12.6. The summed E-state index contributed by atoms with van der Waals surface area (Å²) in [6.45, 7) is 3.77. The van der Waals surface area contributed by atoms with E-state index in [-0.39, 0.29) is 11.7 Å². The zero-order chi connectivity index (χ0) is 14.8. The molecule has 1 aliphatic heterocycles. The van der Waals surface area contributed by atoms with Gasteiger partial charge in [0.2, 0.25) is 0 Å². The zero-order valence-electron chi connectivity index (χ0n) is 12.6. The van der Waals surface area contributed by atoms with Crippen molar-refractivity contribution in [3.05, 3.63) is 47.7 Å². The number of hydrogen-bond donors (Lipinski definition) is 0. The third-order valence-corrected chi connectivity index (χ3v) is 4.20. The highest BCUT2D eigenvalue weighted by Gasteiger charge is 2.30. The lowest BCUT2D eigenvalue weighted by atomic mass is 9.95. The normalized spacial score (nSPS) is 18.5. The first kappa shape index (κ1) is 13.9. The van der Waals surface area contributed by atoms with E-state index < -0.39 is 0 Å². The van der Waals surface area contributed by atoms with Crippen molar-refractivity contribution in [1.29, 1.82) is 0 Å². The van der Waals surface area contributed by atoms with Crippen LogP contribution in [0.3, 0.4) is 0 Å². The van der Waals surface area contributed by atoms with Crippen molar-refractivity contribution in [3.63, 3.8) is 0 Å². The summed E-state index contributed by atoms with van der Waals surface area (Å²) in [7, 11) is 1.88. The summed E-state index contributed by atoms with van der Waals surface area (Å²) in [6, 6.07) is 10.4. The summed E-state index contributed by atoms with van der Waals surface area (Å²) in [5.74, 6) is 1.20. The molecule has 21 heavy (non-hydrogen) atoms. The van der Waals surface area contributed by atoms with Crippen LogP contribution in [-0.2, 0) is 13.6 Å². The Kier molecular flexibility index (Phi) is 3.78. The minimum absolute atomic E-state index is 0.119. The lowest BCUT2D eigenvalue weighted by molar-refractivity contribution is 0.0915. The van der Waals surface area contributed by atoms with Crippen molar-refractivity contribution < 1.29 is 4.79 Å². The average Bonchev–Trinajstić information content (AvgIpc) is 2.84. The number of aromatic nitrogens is 2. The van der Waals surface area contributed by atoms with Crippen LogP contribution in [0.1, 0.15) is 35.7 Å². The van der Waals surface area contributed by atoms with Crippen LogP contribution in [0.2, 0.25) is 0 Å². The molecule has 4 nitrogen and oxygen atoms in total. The molecule has 110 valence electrons. The Labute approximate surface area is 125 Å². The molecule has 0 saturated heterocycles. The number of carbonyl (C=O) groups excluding carboxylic acids is 1. The quantitative estimate of drug-likeness (QED) is 0.869. The molecule has 0 aliphatic carbocycles. The third-order valence-electron chi connectivity index (χ3n) is 4.20. The summed E-state index contributed by atoms with van der Waals surface area (Å²) in [5.41, 5.74) is 2.02. The molecule has 4 heteroatoms. The lowest BCUT2D eigenvalue weighted by Gasteiger charge is -2.21. The van der Waals surface area contributed by atoms with Gasteiger partial charge < -0.3 is 4.90 Å². The van der Waals surface area contributed by atoms with E-state index in [1.807, 2.05) is 31.4 Å². The molecule has 1 atom stereocenters. The number of ketones is 1. The van der Waals surface area contributed by atoms with Gasteiger partial charge in [-0.15, -0.1) is 0 Å². The molecule has 1 unspecified atom stereocenters. The number of benzene rings is 1. The predicted octanol–water partition coefficient (Wildman–Crippen LogP) is 3.04. The highest BCUT2D eigenvalue weighted by Crippen LogP contribution is 2.29. The standard InChI is InChI=1S/C17H21N3O/c1-3-14-9-10-20(11-13-7-5-4-6-8-13)17-15(16(14)21)12-19(2)18-17/h4-8,12,14H,3,9-11H2,1-2H3. The van der Waals surface area contributed by atoms with Crippen LogP contribution in [0.4, 0.5) is 5.82 Å². The summed E-state index contributed by atoms with van der Waals surface area (Å²) >= 11 is 0. The minimum Gasteiger partial charge on any atom is -0.350 e. The Morgan fingerprint density at radius 3 is 2.76 bits per heavy atom. The van der Waals surface area contributed by atoms with Gasteiger partial charge in [-0.25, -0.2) is 0 Å². The van der Waals surface area contributed by atoms with Crippen LogP contribution < -0.4 is 4.90 Å². The minimum atomic E-state index is 0.119. The van der Waals surface area contributed by atoms with Gasteiger partial charge in [0, 0.05) is 32.3 Å². The molecular weight excluding hydrogens is 262 g/mol. The SMILES string of the molecule is CCC1CCN(Cc2ccccc2)c2nn(C)cc2C1=O. The number of rotatable bonds is 3. The van der Waals surface area contributed by atoms with Crippen LogP contribution in [-0.4, -0.2) is 22.1 Å². The molecule has 0 saturated carbocycles. The van der Waals surface area contributed by atoms with Crippen LogP contribution in [0.25, 0.3) is 0 Å². The number of anilines is 1. The molecule has 0 amide bonds. The second-order valence-corrected chi connectivity index (χ2v) is 5.71. The van der Waals surface area contributed by atoms with Crippen molar-refractivity contribution in [2.75, 3.05) is 11.4 Å². The van der Waals surface area contributed by atoms with Crippen molar-refractivity contribution in [2.24, 2.45) is 13.0 Å². The van der Waals surface area contributed by atoms with Gasteiger partial charge in [0.05, 0.1) is 5.56 Å². The van der Waals surface area contributed by atoms with E-state index in [9.17, 15) is 4.79 Å². The highest BCUT2D eigenvalue weighted by molar-refractivity contribution is 6.02. The molecule has 3 rings (SSSR count).